The Kier molecular flexibility index (Phi) is 4.18. The van der Waals surface area contributed by atoms with Crippen LogP contribution in [0.25, 0.3) is 0 Å². The Morgan fingerprint density at radius 1 is 1.50 bits per heavy atom. The summed E-state index contributed by atoms with van der Waals surface area (Å²) in [5, 5.41) is 6.18. The minimum absolute atomic E-state index is 0.0286. The summed E-state index contributed by atoms with van der Waals surface area (Å²) in [6, 6.07) is 1.92. The lowest BCUT2D eigenvalue weighted by molar-refractivity contribution is 0.0953. The Balaban J connectivity index is 1.98. The van der Waals surface area contributed by atoms with Crippen molar-refractivity contribution in [3.05, 3.63) is 23.5 Å². The number of carbonyl (C=O) groups is 1. The molecule has 0 aliphatic heterocycles. The number of hydrogen-bond donors (Lipinski definition) is 2. The summed E-state index contributed by atoms with van der Waals surface area (Å²) < 4.78 is 0. The third-order valence-electron chi connectivity index (χ3n) is 3.19. The Bertz CT molecular complexity index is 427. The molecule has 0 saturated heterocycles. The average Bonchev–Trinajstić information content (AvgIpc) is 3.13. The van der Waals surface area contributed by atoms with Gasteiger partial charge in [-0.05, 0) is 32.3 Å². The van der Waals surface area contributed by atoms with Gasteiger partial charge >= 0.3 is 0 Å². The minimum atomic E-state index is -0.0286. The number of nitrogens with one attached hydrogen (secondary N) is 2. The maximum absolute atomic E-state index is 12.1. The fraction of sp³-hybridized carbons (Fsp3) is 0.571. The van der Waals surface area contributed by atoms with Gasteiger partial charge in [0, 0.05) is 25.0 Å². The molecule has 1 saturated carbocycles. The third-order valence-corrected chi connectivity index (χ3v) is 3.19. The van der Waals surface area contributed by atoms with Crippen LogP contribution in [0.15, 0.2) is 12.3 Å². The molecule has 98 valence electrons. The number of rotatable bonds is 6. The van der Waals surface area contributed by atoms with E-state index in [2.05, 4.69) is 15.6 Å². The highest BCUT2D eigenvalue weighted by Crippen LogP contribution is 2.31. The molecule has 2 N–H and O–H groups in total. The number of aromatic nitrogens is 1. The number of aryl methyl sites for hydroxylation is 1. The molecule has 0 unspecified atom stereocenters. The lowest BCUT2D eigenvalue weighted by Crippen LogP contribution is -2.26. The van der Waals surface area contributed by atoms with Crippen LogP contribution >= 0.6 is 0 Å². The molecule has 0 radical (unpaired) electrons. The minimum Gasteiger partial charge on any atom is -0.385 e. The summed E-state index contributed by atoms with van der Waals surface area (Å²) in [4.78, 5) is 16.3. The van der Waals surface area contributed by atoms with E-state index in [1.54, 1.807) is 6.20 Å². The van der Waals surface area contributed by atoms with Crippen molar-refractivity contribution in [2.24, 2.45) is 5.92 Å². The van der Waals surface area contributed by atoms with E-state index in [0.29, 0.717) is 5.56 Å². The molecule has 1 aliphatic carbocycles. The number of nitrogens with zero attached hydrogens (tertiary/aromatic N) is 1. The predicted molar refractivity (Wildman–Crippen MR) is 72.8 cm³/mol. The first-order valence-electron chi connectivity index (χ1n) is 6.69. The normalized spacial score (nSPS) is 14.3. The summed E-state index contributed by atoms with van der Waals surface area (Å²) in [6.07, 6.45) is 5.40. The van der Waals surface area contributed by atoms with Crippen molar-refractivity contribution < 1.29 is 4.79 Å². The van der Waals surface area contributed by atoms with Crippen LogP contribution in [0.4, 0.5) is 5.69 Å². The van der Waals surface area contributed by atoms with Crippen LogP contribution in [-0.4, -0.2) is 24.0 Å². The Morgan fingerprint density at radius 3 is 2.94 bits per heavy atom. The maximum Gasteiger partial charge on any atom is 0.254 e. The molecule has 4 heteroatoms. The summed E-state index contributed by atoms with van der Waals surface area (Å²) in [6.45, 7) is 5.51. The Labute approximate surface area is 108 Å². The third kappa shape index (κ3) is 3.45. The lowest BCUT2D eigenvalue weighted by atomic mass is 10.2. The molecular weight excluding hydrogens is 226 g/mol. The smallest absolute Gasteiger partial charge is 0.254 e. The molecule has 18 heavy (non-hydrogen) atoms. The van der Waals surface area contributed by atoms with Gasteiger partial charge in [0.15, 0.2) is 0 Å². The zero-order chi connectivity index (χ0) is 13.0. The second-order valence-electron chi connectivity index (χ2n) is 4.89. The van der Waals surface area contributed by atoms with Gasteiger partial charge in [0.25, 0.3) is 5.91 Å². The van der Waals surface area contributed by atoms with Gasteiger partial charge in [-0.25, -0.2) is 0 Å². The molecule has 1 fully saturated rings. The van der Waals surface area contributed by atoms with Crippen molar-refractivity contribution in [2.45, 2.75) is 33.1 Å². The highest BCUT2D eigenvalue weighted by Gasteiger charge is 2.21. The van der Waals surface area contributed by atoms with Gasteiger partial charge in [0.05, 0.1) is 11.3 Å². The zero-order valence-corrected chi connectivity index (χ0v) is 11.1. The van der Waals surface area contributed by atoms with Crippen LogP contribution in [0.5, 0.6) is 0 Å². The quantitative estimate of drug-likeness (QED) is 0.811. The Morgan fingerprint density at radius 2 is 2.28 bits per heavy atom. The number of pyridine rings is 1. The first kappa shape index (κ1) is 12.9. The maximum atomic E-state index is 12.1. The molecule has 0 spiro atoms. The van der Waals surface area contributed by atoms with Crippen molar-refractivity contribution in [1.82, 2.24) is 10.3 Å². The number of hydrogen-bond acceptors (Lipinski definition) is 3. The van der Waals surface area contributed by atoms with E-state index in [0.717, 1.165) is 36.8 Å². The van der Waals surface area contributed by atoms with E-state index in [-0.39, 0.29) is 5.91 Å². The van der Waals surface area contributed by atoms with Crippen LogP contribution < -0.4 is 10.6 Å². The van der Waals surface area contributed by atoms with Gasteiger partial charge < -0.3 is 10.6 Å². The molecule has 1 aliphatic rings. The monoisotopic (exact) mass is 247 g/mol. The van der Waals surface area contributed by atoms with Crippen LogP contribution in [0.1, 0.15) is 42.2 Å². The summed E-state index contributed by atoms with van der Waals surface area (Å²) in [5.74, 6) is 0.814. The van der Waals surface area contributed by atoms with E-state index in [1.807, 2.05) is 19.9 Å². The van der Waals surface area contributed by atoms with Crippen molar-refractivity contribution in [3.63, 3.8) is 0 Å². The van der Waals surface area contributed by atoms with Gasteiger partial charge in [-0.15, -0.1) is 0 Å². The summed E-state index contributed by atoms with van der Waals surface area (Å²) >= 11 is 0. The van der Waals surface area contributed by atoms with Crippen molar-refractivity contribution >= 4 is 11.6 Å². The molecule has 1 aromatic heterocycles. The zero-order valence-electron chi connectivity index (χ0n) is 11.1. The molecule has 2 rings (SSSR count). The molecular formula is C14H21N3O. The largest absolute Gasteiger partial charge is 0.385 e. The molecule has 4 nitrogen and oxygen atoms in total. The molecule has 0 atom stereocenters. The van der Waals surface area contributed by atoms with Crippen molar-refractivity contribution in [3.8, 4) is 0 Å². The first-order chi connectivity index (χ1) is 8.70. The van der Waals surface area contributed by atoms with E-state index >= 15 is 0 Å². The SMILES string of the molecule is CCNc1cc(C)ncc1C(=O)NCCC1CC1. The van der Waals surface area contributed by atoms with E-state index in [1.165, 1.54) is 12.8 Å². The van der Waals surface area contributed by atoms with E-state index in [4.69, 9.17) is 0 Å². The molecule has 1 amide bonds. The van der Waals surface area contributed by atoms with Crippen molar-refractivity contribution in [2.75, 3.05) is 18.4 Å². The van der Waals surface area contributed by atoms with Gasteiger partial charge in [0.1, 0.15) is 0 Å². The lowest BCUT2D eigenvalue weighted by Gasteiger charge is -2.11. The fourth-order valence-electron chi connectivity index (χ4n) is 1.97. The molecule has 1 heterocycles. The summed E-state index contributed by atoms with van der Waals surface area (Å²) in [7, 11) is 0. The first-order valence-corrected chi connectivity index (χ1v) is 6.69. The topological polar surface area (TPSA) is 54.0 Å². The average molecular weight is 247 g/mol. The van der Waals surface area contributed by atoms with Gasteiger partial charge in [-0.2, -0.15) is 0 Å². The molecule has 0 aromatic carbocycles. The van der Waals surface area contributed by atoms with E-state index < -0.39 is 0 Å². The van der Waals surface area contributed by atoms with Crippen LogP contribution in [0, 0.1) is 12.8 Å². The standard InChI is InChI=1S/C14H21N3O/c1-3-15-13-8-10(2)17-9-12(13)14(18)16-7-6-11-4-5-11/h8-9,11H,3-7H2,1-2H3,(H,15,17)(H,16,18). The van der Waals surface area contributed by atoms with Crippen molar-refractivity contribution in [1.29, 1.82) is 0 Å². The van der Waals surface area contributed by atoms with Crippen LogP contribution in [-0.2, 0) is 0 Å². The molecule has 1 aromatic rings. The molecule has 0 bridgehead atoms. The Hall–Kier alpha value is -1.58. The highest BCUT2D eigenvalue weighted by atomic mass is 16.1. The predicted octanol–water partition coefficient (Wildman–Crippen LogP) is 2.35. The van der Waals surface area contributed by atoms with Crippen LogP contribution in [0.3, 0.4) is 0 Å². The highest BCUT2D eigenvalue weighted by molar-refractivity contribution is 5.99. The van der Waals surface area contributed by atoms with Gasteiger partial charge in [0.2, 0.25) is 0 Å². The second kappa shape index (κ2) is 5.85. The van der Waals surface area contributed by atoms with Crippen LogP contribution in [0.2, 0.25) is 0 Å². The van der Waals surface area contributed by atoms with E-state index in [9.17, 15) is 4.79 Å². The fourth-order valence-corrected chi connectivity index (χ4v) is 1.97. The van der Waals surface area contributed by atoms with Gasteiger partial charge in [-0.3, -0.25) is 9.78 Å². The second-order valence-corrected chi connectivity index (χ2v) is 4.89. The number of amides is 1. The summed E-state index contributed by atoms with van der Waals surface area (Å²) in [5.41, 5.74) is 2.42. The number of anilines is 1. The number of carbonyl (C=O) groups excluding carboxylic acids is 1. The van der Waals surface area contributed by atoms with Gasteiger partial charge in [-0.1, -0.05) is 12.8 Å².